The molecule has 4 aromatic carbocycles. The molecular formula is C34H32BrCl2N3O5. The summed E-state index contributed by atoms with van der Waals surface area (Å²) in [5.74, 6) is 1.21. The summed E-state index contributed by atoms with van der Waals surface area (Å²) >= 11 is 15.9. The van der Waals surface area contributed by atoms with Crippen LogP contribution in [0, 0.1) is 0 Å². The van der Waals surface area contributed by atoms with Gasteiger partial charge in [0.1, 0.15) is 11.5 Å². The van der Waals surface area contributed by atoms with Crippen LogP contribution in [0.25, 0.3) is 0 Å². The third-order valence-electron chi connectivity index (χ3n) is 7.31. The zero-order valence-corrected chi connectivity index (χ0v) is 27.5. The SMILES string of the molecule is COc1cccc([C@@H]2OC(c3ccc(OCCCO)cc3)=N[C@]2(Cc2ccc(Br)cc2)C(=O)NNCc2ccc(Cl)cc2Cl)c1. The molecule has 0 aromatic heterocycles. The number of ether oxygens (including phenoxy) is 3. The molecule has 0 radical (unpaired) electrons. The quantitative estimate of drug-likeness (QED) is 0.104. The van der Waals surface area contributed by atoms with Gasteiger partial charge in [0.25, 0.3) is 5.91 Å². The van der Waals surface area contributed by atoms with E-state index >= 15 is 0 Å². The highest BCUT2D eigenvalue weighted by molar-refractivity contribution is 9.10. The Labute approximate surface area is 280 Å². The van der Waals surface area contributed by atoms with E-state index in [2.05, 4.69) is 26.8 Å². The Morgan fingerprint density at radius 3 is 2.51 bits per heavy atom. The fraction of sp³-hybridized carbons (Fsp3) is 0.235. The molecule has 1 aliphatic rings. The third-order valence-corrected chi connectivity index (χ3v) is 8.42. The lowest BCUT2D eigenvalue weighted by Gasteiger charge is -2.31. The molecule has 0 aliphatic carbocycles. The summed E-state index contributed by atoms with van der Waals surface area (Å²) < 4.78 is 18.7. The molecule has 45 heavy (non-hydrogen) atoms. The van der Waals surface area contributed by atoms with E-state index in [0.717, 1.165) is 21.2 Å². The molecule has 2 atom stereocenters. The van der Waals surface area contributed by atoms with Gasteiger partial charge in [-0.2, -0.15) is 0 Å². The molecule has 1 heterocycles. The minimum Gasteiger partial charge on any atom is -0.497 e. The molecule has 3 N–H and O–H groups in total. The molecule has 8 nitrogen and oxygen atoms in total. The Morgan fingerprint density at radius 1 is 1.02 bits per heavy atom. The highest BCUT2D eigenvalue weighted by Crippen LogP contribution is 2.43. The molecule has 4 aromatic rings. The summed E-state index contributed by atoms with van der Waals surface area (Å²) in [5, 5.41) is 10.1. The monoisotopic (exact) mass is 711 g/mol. The molecule has 1 aliphatic heterocycles. The second kappa shape index (κ2) is 15.1. The van der Waals surface area contributed by atoms with E-state index in [4.69, 9.17) is 47.5 Å². The minimum absolute atomic E-state index is 0.0541. The Hall–Kier alpha value is -3.60. The van der Waals surface area contributed by atoms with Crippen molar-refractivity contribution in [2.24, 2.45) is 4.99 Å². The van der Waals surface area contributed by atoms with E-state index in [9.17, 15) is 4.79 Å². The first-order valence-electron chi connectivity index (χ1n) is 14.3. The number of methoxy groups -OCH3 is 1. The van der Waals surface area contributed by atoms with Crippen molar-refractivity contribution in [2.75, 3.05) is 20.3 Å². The van der Waals surface area contributed by atoms with Crippen LogP contribution in [0.4, 0.5) is 0 Å². The van der Waals surface area contributed by atoms with Crippen LogP contribution in [-0.2, 0) is 22.5 Å². The number of benzene rings is 4. The van der Waals surface area contributed by atoms with Gasteiger partial charge < -0.3 is 19.3 Å². The topological polar surface area (TPSA) is 101 Å². The van der Waals surface area contributed by atoms with Crippen LogP contribution in [0.1, 0.15) is 34.8 Å². The van der Waals surface area contributed by atoms with E-state index in [1.54, 1.807) is 25.3 Å². The summed E-state index contributed by atoms with van der Waals surface area (Å²) in [6.45, 7) is 0.712. The van der Waals surface area contributed by atoms with Crippen molar-refractivity contribution in [3.8, 4) is 11.5 Å². The fourth-order valence-electron chi connectivity index (χ4n) is 4.99. The normalized spacial score (nSPS) is 17.4. The Bertz CT molecular complexity index is 1650. The van der Waals surface area contributed by atoms with E-state index < -0.39 is 11.6 Å². The number of nitrogens with zero attached hydrogens (tertiary/aromatic N) is 1. The number of carbonyl (C=O) groups is 1. The summed E-state index contributed by atoms with van der Waals surface area (Å²) in [7, 11) is 1.59. The second-order valence-electron chi connectivity index (χ2n) is 10.4. The largest absolute Gasteiger partial charge is 0.497 e. The van der Waals surface area contributed by atoms with E-state index in [0.29, 0.717) is 46.0 Å². The van der Waals surface area contributed by atoms with Crippen LogP contribution in [0.3, 0.4) is 0 Å². The van der Waals surface area contributed by atoms with Gasteiger partial charge in [0.15, 0.2) is 11.6 Å². The number of hydrogen-bond donors (Lipinski definition) is 3. The Balaban J connectivity index is 1.52. The molecule has 0 saturated heterocycles. The van der Waals surface area contributed by atoms with Crippen LogP contribution >= 0.6 is 39.1 Å². The first-order valence-corrected chi connectivity index (χ1v) is 15.8. The molecule has 11 heteroatoms. The smallest absolute Gasteiger partial charge is 0.266 e. The van der Waals surface area contributed by atoms with E-state index in [-0.39, 0.29) is 25.5 Å². The Kier molecular flexibility index (Phi) is 11.0. The van der Waals surface area contributed by atoms with Crippen molar-refractivity contribution in [1.82, 2.24) is 10.9 Å². The predicted octanol–water partition coefficient (Wildman–Crippen LogP) is 6.85. The zero-order chi connectivity index (χ0) is 31.8. The number of aliphatic hydroxyl groups excluding tert-OH is 1. The number of carbonyl (C=O) groups excluding carboxylic acids is 1. The van der Waals surface area contributed by atoms with Crippen LogP contribution < -0.4 is 20.3 Å². The summed E-state index contributed by atoms with van der Waals surface area (Å²) in [4.78, 5) is 19.4. The number of hydrogen-bond acceptors (Lipinski definition) is 7. The van der Waals surface area contributed by atoms with Crippen molar-refractivity contribution in [1.29, 1.82) is 0 Å². The van der Waals surface area contributed by atoms with Crippen LogP contribution in [0.2, 0.25) is 10.0 Å². The molecule has 0 spiro atoms. The maximum absolute atomic E-state index is 14.4. The van der Waals surface area contributed by atoms with Gasteiger partial charge in [-0.15, -0.1) is 0 Å². The number of rotatable bonds is 13. The second-order valence-corrected chi connectivity index (χ2v) is 12.2. The van der Waals surface area contributed by atoms with Gasteiger partial charge in [0.2, 0.25) is 5.90 Å². The zero-order valence-electron chi connectivity index (χ0n) is 24.4. The van der Waals surface area contributed by atoms with Crippen molar-refractivity contribution in [2.45, 2.75) is 31.0 Å². The lowest BCUT2D eigenvalue weighted by molar-refractivity contribution is -0.130. The molecule has 0 unspecified atom stereocenters. The van der Waals surface area contributed by atoms with Crippen LogP contribution in [-0.4, -0.2) is 42.8 Å². The first kappa shape index (κ1) is 32.8. The molecule has 0 bridgehead atoms. The van der Waals surface area contributed by atoms with Crippen molar-refractivity contribution in [3.63, 3.8) is 0 Å². The number of halogens is 3. The molecule has 0 fully saturated rings. The van der Waals surface area contributed by atoms with Gasteiger partial charge in [-0.3, -0.25) is 10.2 Å². The highest BCUT2D eigenvalue weighted by atomic mass is 79.9. The minimum atomic E-state index is -1.41. The molecule has 0 saturated carbocycles. The highest BCUT2D eigenvalue weighted by Gasteiger charge is 2.53. The van der Waals surface area contributed by atoms with Crippen molar-refractivity contribution >= 4 is 50.9 Å². The maximum atomic E-state index is 14.4. The van der Waals surface area contributed by atoms with Gasteiger partial charge in [-0.05, 0) is 77.4 Å². The average molecular weight is 713 g/mol. The Morgan fingerprint density at radius 2 is 1.80 bits per heavy atom. The molecular weight excluding hydrogens is 681 g/mol. The van der Waals surface area contributed by atoms with E-state index in [1.165, 1.54) is 0 Å². The predicted molar refractivity (Wildman–Crippen MR) is 179 cm³/mol. The standard InChI is InChI=1S/C34H32BrCl2N3O5/c1-43-29-5-2-4-24(18-29)31-34(20-22-6-11-26(35)12-7-22,33(42)40-38-21-25-8-13-27(36)19-30(25)37)39-32(45-31)23-9-14-28(15-10-23)44-17-3-16-41/h2,4-15,18-19,31,38,41H,3,16-17,20-21H2,1H3,(H,40,42)/t31-,34-/m0/s1. The summed E-state index contributed by atoms with van der Waals surface area (Å²) in [6.07, 6.45) is -0.0257. The maximum Gasteiger partial charge on any atom is 0.266 e. The van der Waals surface area contributed by atoms with Gasteiger partial charge in [-0.1, -0.05) is 69.5 Å². The summed E-state index contributed by atoms with van der Waals surface area (Å²) in [5.41, 5.74) is 7.55. The van der Waals surface area contributed by atoms with Gasteiger partial charge in [0.05, 0.1) is 13.7 Å². The number of aliphatic imine (C=N–C) groups is 1. The lowest BCUT2D eigenvalue weighted by Crippen LogP contribution is -2.53. The van der Waals surface area contributed by atoms with Gasteiger partial charge >= 0.3 is 0 Å². The van der Waals surface area contributed by atoms with Crippen molar-refractivity contribution in [3.05, 3.63) is 128 Å². The number of hydrazine groups is 1. The van der Waals surface area contributed by atoms with Gasteiger partial charge in [0, 0.05) is 46.1 Å². The molecule has 5 rings (SSSR count). The lowest BCUT2D eigenvalue weighted by atomic mass is 9.82. The fourth-order valence-corrected chi connectivity index (χ4v) is 5.73. The molecule has 1 amide bonds. The average Bonchev–Trinajstić information content (AvgIpc) is 3.44. The van der Waals surface area contributed by atoms with Crippen LogP contribution in [0.15, 0.2) is 100 Å². The third kappa shape index (κ3) is 7.98. The number of nitrogens with one attached hydrogen (secondary N) is 2. The summed E-state index contributed by atoms with van der Waals surface area (Å²) in [6, 6.07) is 27.7. The van der Waals surface area contributed by atoms with Crippen molar-refractivity contribution < 1.29 is 24.1 Å². The first-order chi connectivity index (χ1) is 21.8. The van der Waals surface area contributed by atoms with Crippen LogP contribution in [0.5, 0.6) is 11.5 Å². The van der Waals surface area contributed by atoms with Gasteiger partial charge in [-0.25, -0.2) is 10.4 Å². The number of aliphatic hydroxyl groups is 1. The molecule has 234 valence electrons. The van der Waals surface area contributed by atoms with E-state index in [1.807, 2.05) is 72.8 Å². The number of amides is 1.